The molecule has 3 N–H and O–H groups in total. The van der Waals surface area contributed by atoms with Crippen molar-refractivity contribution in [2.24, 2.45) is 5.73 Å². The molecule has 1 saturated heterocycles. The summed E-state index contributed by atoms with van der Waals surface area (Å²) >= 11 is 4.09. The maximum atomic E-state index is 11.9. The quantitative estimate of drug-likeness (QED) is 0.532. The summed E-state index contributed by atoms with van der Waals surface area (Å²) in [7, 11) is 0. The Labute approximate surface area is 159 Å². The lowest BCUT2D eigenvalue weighted by molar-refractivity contribution is -0.147. The number of amides is 1. The number of nitrogens with two attached hydrogens (primary N) is 1. The van der Waals surface area contributed by atoms with Gasteiger partial charge in [0, 0.05) is 23.3 Å². The smallest absolute Gasteiger partial charge is 0.352 e. The van der Waals surface area contributed by atoms with E-state index in [0.29, 0.717) is 32.1 Å². The van der Waals surface area contributed by atoms with Crippen LogP contribution in [-0.2, 0) is 9.59 Å². The first kappa shape index (κ1) is 17.5. The number of aryl methyl sites for hydroxylation is 1. The van der Waals surface area contributed by atoms with Crippen molar-refractivity contribution < 1.29 is 14.7 Å². The lowest BCUT2D eigenvalue weighted by Crippen LogP contribution is -2.68. The maximum absolute atomic E-state index is 11.9. The Morgan fingerprint density at radius 3 is 3.00 bits per heavy atom. The van der Waals surface area contributed by atoms with Crippen molar-refractivity contribution in [3.8, 4) is 0 Å². The minimum absolute atomic E-state index is 0.0258. The van der Waals surface area contributed by atoms with Crippen LogP contribution in [-0.4, -0.2) is 59.4 Å². The molecule has 0 unspecified atom stereocenters. The Balaban J connectivity index is 1.60. The minimum Gasteiger partial charge on any atom is -0.477 e. The van der Waals surface area contributed by atoms with Gasteiger partial charge in [0.1, 0.15) is 17.1 Å². The minimum atomic E-state index is -1.13. The summed E-state index contributed by atoms with van der Waals surface area (Å²) in [5, 5.41) is 13.6. The average Bonchev–Trinajstić information content (AvgIpc) is 3.01. The van der Waals surface area contributed by atoms with E-state index in [1.54, 1.807) is 11.4 Å². The van der Waals surface area contributed by atoms with Crippen LogP contribution in [0, 0.1) is 6.92 Å². The van der Waals surface area contributed by atoms with Gasteiger partial charge in [-0.15, -0.1) is 16.9 Å². The van der Waals surface area contributed by atoms with Crippen molar-refractivity contribution in [1.82, 2.24) is 19.5 Å². The number of nitrogens with zero attached hydrogens (tertiary/aromatic N) is 4. The Kier molecular flexibility index (Phi) is 4.29. The van der Waals surface area contributed by atoms with E-state index in [0.717, 1.165) is 0 Å². The second kappa shape index (κ2) is 6.37. The Morgan fingerprint density at radius 2 is 2.27 bits per heavy atom. The molecule has 0 spiro atoms. The predicted octanol–water partition coefficient (Wildman–Crippen LogP) is 0.133. The zero-order valence-corrected chi connectivity index (χ0v) is 15.9. The molecule has 12 heteroatoms. The summed E-state index contributed by atoms with van der Waals surface area (Å²) in [4.78, 5) is 40.8. The molecule has 2 aliphatic heterocycles. The fourth-order valence-electron chi connectivity index (χ4n) is 2.83. The van der Waals surface area contributed by atoms with Crippen molar-refractivity contribution in [1.29, 1.82) is 0 Å². The fourth-order valence-corrected chi connectivity index (χ4v) is 6.25. The predicted molar refractivity (Wildman–Crippen MR) is 98.3 cm³/mol. The number of carbonyl (C=O) groups excluding carboxylic acids is 1. The number of β-lactam (4-membered cyclic amide) rings is 1. The highest BCUT2D eigenvalue weighted by atomic mass is 32.2. The molecular formula is C14H13N5O4S3. The van der Waals surface area contributed by atoms with Gasteiger partial charge in [-0.05, 0) is 12.5 Å². The van der Waals surface area contributed by atoms with E-state index >= 15 is 0 Å². The summed E-state index contributed by atoms with van der Waals surface area (Å²) in [5.74, 6) is -0.611. The van der Waals surface area contributed by atoms with Crippen LogP contribution in [0.4, 0.5) is 0 Å². The number of hydrogen-bond acceptors (Lipinski definition) is 9. The highest BCUT2D eigenvalue weighted by Crippen LogP contribution is 2.41. The molecule has 0 saturated carbocycles. The van der Waals surface area contributed by atoms with Crippen LogP contribution < -0.4 is 11.3 Å². The van der Waals surface area contributed by atoms with Gasteiger partial charge >= 0.3 is 5.97 Å². The van der Waals surface area contributed by atoms with Crippen molar-refractivity contribution in [2.75, 3.05) is 11.5 Å². The van der Waals surface area contributed by atoms with E-state index in [2.05, 4.69) is 10.1 Å². The number of thioether (sulfide) groups is 2. The molecule has 0 aliphatic carbocycles. The van der Waals surface area contributed by atoms with Crippen molar-refractivity contribution >= 4 is 51.7 Å². The molecule has 9 nitrogen and oxygen atoms in total. The summed E-state index contributed by atoms with van der Waals surface area (Å²) < 4.78 is 2.26. The van der Waals surface area contributed by atoms with Crippen LogP contribution in [0.2, 0.25) is 0 Å². The molecule has 2 aromatic heterocycles. The molecule has 1 amide bonds. The Bertz CT molecular complexity index is 1030. The Morgan fingerprint density at radius 1 is 1.50 bits per heavy atom. The lowest BCUT2D eigenvalue weighted by atomic mass is 10.0. The van der Waals surface area contributed by atoms with Crippen LogP contribution in [0.5, 0.6) is 0 Å². The molecule has 26 heavy (non-hydrogen) atoms. The van der Waals surface area contributed by atoms with Crippen LogP contribution in [0.1, 0.15) is 5.69 Å². The van der Waals surface area contributed by atoms with E-state index in [-0.39, 0.29) is 22.5 Å². The first-order chi connectivity index (χ1) is 12.4. The Hall–Kier alpha value is -1.89. The van der Waals surface area contributed by atoms with Gasteiger partial charge in [0.15, 0.2) is 4.34 Å². The van der Waals surface area contributed by atoms with Gasteiger partial charge in [-0.2, -0.15) is 4.98 Å². The first-order valence-electron chi connectivity index (χ1n) is 7.52. The van der Waals surface area contributed by atoms with Gasteiger partial charge in [-0.1, -0.05) is 23.1 Å². The molecule has 4 heterocycles. The summed E-state index contributed by atoms with van der Waals surface area (Å²) in [6, 6.07) is 0.766. The number of rotatable bonds is 4. The monoisotopic (exact) mass is 411 g/mol. The van der Waals surface area contributed by atoms with E-state index in [4.69, 9.17) is 5.73 Å². The van der Waals surface area contributed by atoms with Crippen molar-refractivity contribution in [2.45, 2.75) is 22.7 Å². The largest absolute Gasteiger partial charge is 0.477 e. The summed E-state index contributed by atoms with van der Waals surface area (Å²) in [6.07, 6.45) is 0. The van der Waals surface area contributed by atoms with E-state index in [1.165, 1.54) is 45.8 Å². The molecule has 136 valence electrons. The molecule has 0 aromatic carbocycles. The normalized spacial score (nSPS) is 22.5. The second-order valence-electron chi connectivity index (χ2n) is 5.78. The van der Waals surface area contributed by atoms with Gasteiger partial charge in [0.2, 0.25) is 10.9 Å². The third kappa shape index (κ3) is 2.73. The fraction of sp³-hybridized carbons (Fsp3) is 0.357. The van der Waals surface area contributed by atoms with Crippen molar-refractivity contribution in [3.63, 3.8) is 0 Å². The standard InChI is InChI=1S/C14H13N5O4S3/c1-5-2-7(20)16-13-19(5)17-14(26-13)25-4-6-3-24-11-8(15)10(21)18(11)9(6)12(22)23/h2,8,11H,3-4,15H2,1H3,(H,22,23)/t8-,11-/m1/s1. The number of aromatic nitrogens is 3. The number of fused-ring (bicyclic) bond motifs is 2. The lowest BCUT2D eigenvalue weighted by Gasteiger charge is -2.48. The van der Waals surface area contributed by atoms with E-state index in [9.17, 15) is 19.5 Å². The van der Waals surface area contributed by atoms with Crippen LogP contribution in [0.15, 0.2) is 26.5 Å². The van der Waals surface area contributed by atoms with Crippen molar-refractivity contribution in [3.05, 3.63) is 33.4 Å². The third-order valence-electron chi connectivity index (χ3n) is 4.07. The first-order valence-corrected chi connectivity index (χ1v) is 10.4. The zero-order chi connectivity index (χ0) is 18.6. The molecule has 2 aromatic rings. The van der Waals surface area contributed by atoms with Gasteiger partial charge in [0.05, 0.1) is 0 Å². The highest BCUT2D eigenvalue weighted by molar-refractivity contribution is 8.02. The molecular weight excluding hydrogens is 398 g/mol. The molecule has 0 radical (unpaired) electrons. The highest BCUT2D eigenvalue weighted by Gasteiger charge is 2.51. The van der Waals surface area contributed by atoms with Gasteiger partial charge < -0.3 is 10.8 Å². The maximum Gasteiger partial charge on any atom is 0.352 e. The number of carboxylic acids is 1. The molecule has 4 rings (SSSR count). The number of carboxylic acid groups (broad SMARTS) is 1. The SMILES string of the molecule is Cc1cc(=O)nc2sc(SCC3=C(C(=O)O)N4C(=O)[C@@H](N)[C@H]4SC3)nn12. The van der Waals surface area contributed by atoms with E-state index in [1.807, 2.05) is 0 Å². The zero-order valence-electron chi connectivity index (χ0n) is 13.4. The van der Waals surface area contributed by atoms with Crippen LogP contribution in [0.3, 0.4) is 0 Å². The molecule has 1 fully saturated rings. The number of aliphatic carboxylic acids is 1. The molecule has 2 aliphatic rings. The topological polar surface area (TPSA) is 131 Å². The number of carbonyl (C=O) groups is 2. The molecule has 2 atom stereocenters. The van der Waals surface area contributed by atoms with Crippen LogP contribution in [0.25, 0.3) is 4.96 Å². The summed E-state index contributed by atoms with van der Waals surface area (Å²) in [5.41, 5.74) is 6.79. The van der Waals surface area contributed by atoms with Gasteiger partial charge in [-0.25, -0.2) is 9.31 Å². The van der Waals surface area contributed by atoms with Gasteiger partial charge in [-0.3, -0.25) is 14.5 Å². The summed E-state index contributed by atoms with van der Waals surface area (Å²) in [6.45, 7) is 1.77. The third-order valence-corrected chi connectivity index (χ3v) is 7.56. The van der Waals surface area contributed by atoms with Gasteiger partial charge in [0.25, 0.3) is 5.56 Å². The van der Waals surface area contributed by atoms with E-state index < -0.39 is 12.0 Å². The average molecular weight is 411 g/mol. The van der Waals surface area contributed by atoms with Crippen LogP contribution >= 0.6 is 34.9 Å². The molecule has 0 bridgehead atoms. The second-order valence-corrected chi connectivity index (χ2v) is 9.06. The number of hydrogen-bond donors (Lipinski definition) is 2.